The van der Waals surface area contributed by atoms with Crippen LogP contribution in [0.1, 0.15) is 20.8 Å². The maximum atomic E-state index is 12.2. The van der Waals surface area contributed by atoms with Crippen molar-refractivity contribution >= 4 is 29.2 Å². The average molecular weight is 465 g/mol. The molecule has 0 saturated carbocycles. The van der Waals surface area contributed by atoms with Gasteiger partial charge in [-0.3, -0.25) is 9.48 Å². The van der Waals surface area contributed by atoms with Crippen molar-refractivity contribution < 1.29 is 32.6 Å². The van der Waals surface area contributed by atoms with E-state index in [9.17, 15) is 18.0 Å². The molecule has 2 aromatic rings. The number of carboxylic acid groups (broad SMARTS) is 1. The van der Waals surface area contributed by atoms with Crippen molar-refractivity contribution in [2.45, 2.75) is 26.9 Å². The van der Waals surface area contributed by atoms with E-state index in [0.29, 0.717) is 29.6 Å². The number of carbonyl (C=O) groups is 2. The third-order valence-corrected chi connectivity index (χ3v) is 3.96. The summed E-state index contributed by atoms with van der Waals surface area (Å²) in [7, 11) is 1.80. The van der Waals surface area contributed by atoms with Gasteiger partial charge in [0, 0.05) is 30.3 Å². The highest BCUT2D eigenvalue weighted by atomic mass is 35.5. The predicted octanol–water partition coefficient (Wildman–Crippen LogP) is 3.70. The van der Waals surface area contributed by atoms with Crippen molar-refractivity contribution in [3.8, 4) is 17.0 Å². The molecule has 0 spiro atoms. The first-order valence-corrected chi connectivity index (χ1v) is 9.32. The molecular weight excluding hydrogens is 441 g/mol. The number of hydrogen-bond donors (Lipinski definition) is 3. The Labute approximate surface area is 182 Å². The van der Waals surface area contributed by atoms with E-state index >= 15 is 0 Å². The Hall–Kier alpha value is -2.79. The van der Waals surface area contributed by atoms with Gasteiger partial charge in [0.25, 0.3) is 0 Å². The molecule has 172 valence electrons. The van der Waals surface area contributed by atoms with Gasteiger partial charge in [0.05, 0.1) is 16.9 Å². The van der Waals surface area contributed by atoms with E-state index in [1.54, 1.807) is 30.1 Å². The zero-order chi connectivity index (χ0) is 24.0. The standard InChI is InChI=1S/C17H23ClN4O2.C2HF3O2/c1-17(2,3)16(23)21-11-5-6-14(24-8-7-19)12(9-11)15-13(18)10-20-22(15)4;3-2(4,5)1(6)7/h5-6,9-10H,7-8,19H2,1-4H3,(H,21,23);(H,6,7). The van der Waals surface area contributed by atoms with E-state index in [-0.39, 0.29) is 5.91 Å². The molecule has 2 rings (SSSR count). The van der Waals surface area contributed by atoms with Crippen LogP contribution in [-0.2, 0) is 16.6 Å². The molecule has 0 radical (unpaired) electrons. The molecule has 1 amide bonds. The normalized spacial score (nSPS) is 11.4. The molecule has 0 saturated heterocycles. The maximum absolute atomic E-state index is 12.2. The molecule has 0 fully saturated rings. The summed E-state index contributed by atoms with van der Waals surface area (Å²) in [5.41, 5.74) is 7.17. The molecule has 0 bridgehead atoms. The van der Waals surface area contributed by atoms with Gasteiger partial charge in [-0.05, 0) is 18.2 Å². The summed E-state index contributed by atoms with van der Waals surface area (Å²) in [4.78, 5) is 21.1. The fourth-order valence-electron chi connectivity index (χ4n) is 2.12. The second-order valence-corrected chi connectivity index (χ2v) is 7.73. The molecule has 0 aliphatic rings. The molecule has 0 unspecified atom stereocenters. The number of benzene rings is 1. The molecular formula is C19H24ClF3N4O4. The monoisotopic (exact) mass is 464 g/mol. The van der Waals surface area contributed by atoms with Gasteiger partial charge in [0.1, 0.15) is 12.4 Å². The number of nitrogens with one attached hydrogen (secondary N) is 1. The first-order valence-electron chi connectivity index (χ1n) is 8.94. The summed E-state index contributed by atoms with van der Waals surface area (Å²) in [6.45, 7) is 6.37. The van der Waals surface area contributed by atoms with Crippen molar-refractivity contribution in [2.24, 2.45) is 18.2 Å². The van der Waals surface area contributed by atoms with E-state index in [2.05, 4.69) is 10.4 Å². The Morgan fingerprint density at radius 1 is 1.29 bits per heavy atom. The highest BCUT2D eigenvalue weighted by Gasteiger charge is 2.38. The highest BCUT2D eigenvalue weighted by Crippen LogP contribution is 2.36. The van der Waals surface area contributed by atoms with Crippen LogP contribution in [0.5, 0.6) is 5.75 Å². The molecule has 1 heterocycles. The van der Waals surface area contributed by atoms with Crippen LogP contribution >= 0.6 is 11.6 Å². The Kier molecular flexibility index (Phi) is 8.88. The molecule has 1 aromatic carbocycles. The van der Waals surface area contributed by atoms with Crippen LogP contribution < -0.4 is 15.8 Å². The van der Waals surface area contributed by atoms with Gasteiger partial charge in [0.15, 0.2) is 0 Å². The van der Waals surface area contributed by atoms with Crippen LogP contribution in [0.15, 0.2) is 24.4 Å². The first-order chi connectivity index (χ1) is 14.2. The maximum Gasteiger partial charge on any atom is 0.490 e. The number of carboxylic acids is 1. The quantitative estimate of drug-likeness (QED) is 0.620. The summed E-state index contributed by atoms with van der Waals surface area (Å²) in [5, 5.41) is 14.7. The number of aromatic nitrogens is 2. The minimum atomic E-state index is -5.08. The molecule has 31 heavy (non-hydrogen) atoms. The molecule has 0 atom stereocenters. The second-order valence-electron chi connectivity index (χ2n) is 7.32. The Bertz CT molecular complexity index is 904. The lowest BCUT2D eigenvalue weighted by Gasteiger charge is -2.19. The first kappa shape index (κ1) is 26.2. The Morgan fingerprint density at radius 2 is 1.87 bits per heavy atom. The van der Waals surface area contributed by atoms with Gasteiger partial charge in [0.2, 0.25) is 5.91 Å². The third kappa shape index (κ3) is 7.76. The second kappa shape index (κ2) is 10.5. The van der Waals surface area contributed by atoms with Gasteiger partial charge in [-0.25, -0.2) is 4.79 Å². The van der Waals surface area contributed by atoms with Crippen LogP contribution in [0.25, 0.3) is 11.3 Å². The van der Waals surface area contributed by atoms with Crippen molar-refractivity contribution in [2.75, 3.05) is 18.5 Å². The summed E-state index contributed by atoms with van der Waals surface area (Å²) in [6, 6.07) is 5.42. The summed E-state index contributed by atoms with van der Waals surface area (Å²) in [6.07, 6.45) is -3.51. The van der Waals surface area contributed by atoms with Gasteiger partial charge in [-0.15, -0.1) is 0 Å². The molecule has 0 aliphatic heterocycles. The summed E-state index contributed by atoms with van der Waals surface area (Å²) in [5.74, 6) is -2.19. The van der Waals surface area contributed by atoms with Gasteiger partial charge < -0.3 is 20.9 Å². The van der Waals surface area contributed by atoms with Crippen LogP contribution in [0, 0.1) is 5.41 Å². The number of alkyl halides is 3. The molecule has 0 aliphatic carbocycles. The van der Waals surface area contributed by atoms with Crippen LogP contribution in [0.4, 0.5) is 18.9 Å². The van der Waals surface area contributed by atoms with E-state index < -0.39 is 17.6 Å². The number of halogens is 4. The minimum absolute atomic E-state index is 0.0693. The van der Waals surface area contributed by atoms with Gasteiger partial charge in [-0.1, -0.05) is 32.4 Å². The van der Waals surface area contributed by atoms with Crippen molar-refractivity contribution in [3.05, 3.63) is 29.4 Å². The van der Waals surface area contributed by atoms with E-state index in [4.69, 9.17) is 32.0 Å². The molecule has 1 aromatic heterocycles. The smallest absolute Gasteiger partial charge is 0.490 e. The van der Waals surface area contributed by atoms with Crippen LogP contribution in [-0.4, -0.2) is 46.1 Å². The number of aryl methyl sites for hydroxylation is 1. The van der Waals surface area contributed by atoms with Crippen LogP contribution in [0.3, 0.4) is 0 Å². The topological polar surface area (TPSA) is 119 Å². The number of amides is 1. The Morgan fingerprint density at radius 3 is 2.29 bits per heavy atom. The number of anilines is 1. The Balaban J connectivity index is 0.000000592. The minimum Gasteiger partial charge on any atom is -0.492 e. The third-order valence-electron chi connectivity index (χ3n) is 3.69. The van der Waals surface area contributed by atoms with Crippen LogP contribution in [0.2, 0.25) is 5.02 Å². The largest absolute Gasteiger partial charge is 0.492 e. The number of ether oxygens (including phenoxy) is 1. The SMILES string of the molecule is Cn1ncc(Cl)c1-c1cc(NC(=O)C(C)(C)C)ccc1OCCN.O=C(O)C(F)(F)F. The van der Waals surface area contributed by atoms with Crippen molar-refractivity contribution in [3.63, 3.8) is 0 Å². The summed E-state index contributed by atoms with van der Waals surface area (Å²) >= 11 is 6.27. The number of rotatable bonds is 5. The average Bonchev–Trinajstić information content (AvgIpc) is 2.97. The lowest BCUT2D eigenvalue weighted by Crippen LogP contribution is -2.27. The molecule has 4 N–H and O–H groups in total. The lowest BCUT2D eigenvalue weighted by atomic mass is 9.95. The van der Waals surface area contributed by atoms with E-state index in [1.165, 1.54) is 0 Å². The zero-order valence-corrected chi connectivity index (χ0v) is 18.1. The number of nitrogens with zero attached hydrogens (tertiary/aromatic N) is 2. The number of hydrogen-bond acceptors (Lipinski definition) is 5. The highest BCUT2D eigenvalue weighted by molar-refractivity contribution is 6.33. The van der Waals surface area contributed by atoms with Gasteiger partial charge >= 0.3 is 12.1 Å². The molecule has 12 heteroatoms. The fourth-order valence-corrected chi connectivity index (χ4v) is 2.39. The van der Waals surface area contributed by atoms with Gasteiger partial charge in [-0.2, -0.15) is 18.3 Å². The van der Waals surface area contributed by atoms with E-state index in [1.807, 2.05) is 26.8 Å². The number of carbonyl (C=O) groups excluding carboxylic acids is 1. The lowest BCUT2D eigenvalue weighted by molar-refractivity contribution is -0.192. The number of aliphatic carboxylic acids is 1. The van der Waals surface area contributed by atoms with Crippen molar-refractivity contribution in [1.82, 2.24) is 9.78 Å². The predicted molar refractivity (Wildman–Crippen MR) is 110 cm³/mol. The molecule has 8 nitrogen and oxygen atoms in total. The zero-order valence-electron chi connectivity index (χ0n) is 17.4. The summed E-state index contributed by atoms with van der Waals surface area (Å²) < 4.78 is 39.1. The van der Waals surface area contributed by atoms with Crippen molar-refractivity contribution in [1.29, 1.82) is 0 Å². The fraction of sp³-hybridized carbons (Fsp3) is 0.421. The van der Waals surface area contributed by atoms with E-state index in [0.717, 1.165) is 11.3 Å². The number of nitrogens with two attached hydrogens (primary N) is 1.